The molecule has 0 aliphatic rings. The van der Waals surface area contributed by atoms with E-state index in [1.165, 1.54) is 0 Å². The van der Waals surface area contributed by atoms with E-state index in [9.17, 15) is 4.79 Å². The summed E-state index contributed by atoms with van der Waals surface area (Å²) in [5, 5.41) is 0. The summed E-state index contributed by atoms with van der Waals surface area (Å²) in [6, 6.07) is 17.2. The average molecular weight is 319 g/mol. The number of carbonyl (C=O) groups is 1. The molecule has 1 heterocycles. The Morgan fingerprint density at radius 3 is 2.50 bits per heavy atom. The van der Waals surface area contributed by atoms with Crippen molar-refractivity contribution in [2.75, 3.05) is 7.11 Å². The van der Waals surface area contributed by atoms with Gasteiger partial charge in [0.2, 0.25) is 5.78 Å². The lowest BCUT2D eigenvalue weighted by Gasteiger charge is -2.05. The summed E-state index contributed by atoms with van der Waals surface area (Å²) in [6.07, 6.45) is 3.54. The molecule has 2 aromatic carbocycles. The third-order valence-electron chi connectivity index (χ3n) is 3.85. The molecule has 3 rings (SSSR count). The van der Waals surface area contributed by atoms with Gasteiger partial charge in [-0.25, -0.2) is 4.57 Å². The number of methoxy groups -OCH3 is 1. The van der Waals surface area contributed by atoms with Gasteiger partial charge in [0.25, 0.3) is 6.33 Å². The number of aryl methyl sites for hydroxylation is 1. The molecule has 0 aliphatic heterocycles. The smallest absolute Gasteiger partial charge is 0.287 e. The van der Waals surface area contributed by atoms with Crippen LogP contribution in [0.15, 0.2) is 67.1 Å². The maximum Gasteiger partial charge on any atom is 0.287 e. The van der Waals surface area contributed by atoms with Crippen LogP contribution in [0.5, 0.6) is 5.75 Å². The molecular weight excluding hydrogens is 300 g/mol. The van der Waals surface area contributed by atoms with Crippen molar-refractivity contribution in [2.24, 2.45) is 0 Å². The van der Waals surface area contributed by atoms with Crippen LogP contribution in [0, 0.1) is 6.92 Å². The third kappa shape index (κ3) is 3.49. The zero-order valence-electron chi connectivity index (χ0n) is 13.8. The van der Waals surface area contributed by atoms with Crippen molar-refractivity contribution >= 4 is 5.78 Å². The van der Waals surface area contributed by atoms with Crippen LogP contribution < -0.4 is 9.30 Å². The van der Waals surface area contributed by atoms with Gasteiger partial charge in [0.15, 0.2) is 12.2 Å². The SMILES string of the molecule is COc1ccccc1-c1cc[n+](CC(=O)c2ccc(C)cc2)cn1. The summed E-state index contributed by atoms with van der Waals surface area (Å²) >= 11 is 0. The van der Waals surface area contributed by atoms with Gasteiger partial charge in [-0.05, 0) is 24.0 Å². The van der Waals surface area contributed by atoms with Crippen molar-refractivity contribution in [3.63, 3.8) is 0 Å². The lowest BCUT2D eigenvalue weighted by molar-refractivity contribution is -0.686. The third-order valence-corrected chi connectivity index (χ3v) is 3.85. The molecule has 4 heteroatoms. The van der Waals surface area contributed by atoms with E-state index in [4.69, 9.17) is 4.74 Å². The molecule has 0 bridgehead atoms. The van der Waals surface area contributed by atoms with Crippen LogP contribution in [0.1, 0.15) is 15.9 Å². The van der Waals surface area contributed by atoms with Gasteiger partial charge in [-0.1, -0.05) is 42.0 Å². The van der Waals surface area contributed by atoms with E-state index in [0.29, 0.717) is 5.56 Å². The standard InChI is InChI=1S/C20H19N2O2/c1-15-7-9-16(10-8-15)19(23)13-22-12-11-18(21-14-22)17-5-3-4-6-20(17)24-2/h3-12,14H,13H2,1-2H3/q+1. The number of carbonyl (C=O) groups excluding carboxylic acids is 1. The molecule has 0 spiro atoms. The summed E-state index contributed by atoms with van der Waals surface area (Å²) in [4.78, 5) is 16.8. The number of ether oxygens (including phenoxy) is 1. The van der Waals surface area contributed by atoms with Gasteiger partial charge in [0, 0.05) is 11.6 Å². The Bertz CT molecular complexity index is 840. The molecule has 0 amide bonds. The molecule has 0 saturated carbocycles. The molecule has 4 nitrogen and oxygen atoms in total. The summed E-state index contributed by atoms with van der Waals surface area (Å²) < 4.78 is 7.14. The van der Waals surface area contributed by atoms with Crippen LogP contribution in [0.25, 0.3) is 11.3 Å². The van der Waals surface area contributed by atoms with Gasteiger partial charge < -0.3 is 4.74 Å². The molecule has 0 aliphatic carbocycles. The van der Waals surface area contributed by atoms with E-state index >= 15 is 0 Å². The fraction of sp³-hybridized carbons (Fsp3) is 0.150. The first-order valence-corrected chi connectivity index (χ1v) is 7.76. The summed E-state index contributed by atoms with van der Waals surface area (Å²) in [5.41, 5.74) is 3.59. The molecule has 0 N–H and O–H groups in total. The molecule has 120 valence electrons. The molecule has 0 radical (unpaired) electrons. The fourth-order valence-corrected chi connectivity index (χ4v) is 2.49. The van der Waals surface area contributed by atoms with E-state index in [1.54, 1.807) is 18.0 Å². The van der Waals surface area contributed by atoms with Crippen molar-refractivity contribution in [3.8, 4) is 17.0 Å². The predicted octanol–water partition coefficient (Wildman–Crippen LogP) is 3.24. The number of hydrogen-bond donors (Lipinski definition) is 0. The predicted molar refractivity (Wildman–Crippen MR) is 91.9 cm³/mol. The summed E-state index contributed by atoms with van der Waals surface area (Å²) in [6.45, 7) is 2.27. The van der Waals surface area contributed by atoms with Crippen LogP contribution in [0.3, 0.4) is 0 Å². The van der Waals surface area contributed by atoms with Crippen molar-refractivity contribution in [1.82, 2.24) is 4.98 Å². The second-order valence-corrected chi connectivity index (χ2v) is 5.61. The maximum atomic E-state index is 12.3. The van der Waals surface area contributed by atoms with Crippen molar-refractivity contribution in [3.05, 3.63) is 78.2 Å². The minimum Gasteiger partial charge on any atom is -0.496 e. The van der Waals surface area contributed by atoms with E-state index in [-0.39, 0.29) is 12.3 Å². The second kappa shape index (κ2) is 7.04. The fourth-order valence-electron chi connectivity index (χ4n) is 2.49. The van der Waals surface area contributed by atoms with Gasteiger partial charge in [-0.15, -0.1) is 0 Å². The Morgan fingerprint density at radius 1 is 1.08 bits per heavy atom. The zero-order valence-corrected chi connectivity index (χ0v) is 13.8. The number of para-hydroxylation sites is 1. The number of nitrogens with zero attached hydrogens (tertiary/aromatic N) is 2. The van der Waals surface area contributed by atoms with Crippen LogP contribution >= 0.6 is 0 Å². The van der Waals surface area contributed by atoms with Crippen molar-refractivity contribution in [2.45, 2.75) is 13.5 Å². The topological polar surface area (TPSA) is 43.1 Å². The highest BCUT2D eigenvalue weighted by Gasteiger charge is 2.13. The highest BCUT2D eigenvalue weighted by molar-refractivity contribution is 5.95. The van der Waals surface area contributed by atoms with E-state index in [0.717, 1.165) is 22.6 Å². The highest BCUT2D eigenvalue weighted by Crippen LogP contribution is 2.26. The number of rotatable bonds is 5. The summed E-state index contributed by atoms with van der Waals surface area (Å²) in [7, 11) is 1.64. The van der Waals surface area contributed by atoms with Crippen LogP contribution in [-0.2, 0) is 6.54 Å². The average Bonchev–Trinajstić information content (AvgIpc) is 2.63. The minimum absolute atomic E-state index is 0.0619. The lowest BCUT2D eigenvalue weighted by atomic mass is 10.1. The maximum absolute atomic E-state index is 12.3. The monoisotopic (exact) mass is 319 g/mol. The van der Waals surface area contributed by atoms with Crippen LogP contribution in [0.4, 0.5) is 0 Å². The van der Waals surface area contributed by atoms with Gasteiger partial charge in [-0.3, -0.25) is 4.79 Å². The molecule has 0 atom stereocenters. The first kappa shape index (κ1) is 15.9. The molecule has 0 unspecified atom stereocenters. The Balaban J connectivity index is 1.77. The van der Waals surface area contributed by atoms with Crippen molar-refractivity contribution < 1.29 is 14.1 Å². The van der Waals surface area contributed by atoms with E-state index in [1.807, 2.05) is 67.7 Å². The number of benzene rings is 2. The lowest BCUT2D eigenvalue weighted by Crippen LogP contribution is -2.37. The number of aromatic nitrogens is 2. The molecule has 0 saturated heterocycles. The Hall–Kier alpha value is -3.01. The van der Waals surface area contributed by atoms with E-state index in [2.05, 4.69) is 4.98 Å². The second-order valence-electron chi connectivity index (χ2n) is 5.61. The van der Waals surface area contributed by atoms with Crippen LogP contribution in [0.2, 0.25) is 0 Å². The first-order chi connectivity index (χ1) is 11.7. The Kier molecular flexibility index (Phi) is 4.66. The Labute approximate surface area is 141 Å². The minimum atomic E-state index is 0.0619. The molecule has 24 heavy (non-hydrogen) atoms. The molecule has 1 aromatic heterocycles. The van der Waals surface area contributed by atoms with Gasteiger partial charge in [0.1, 0.15) is 5.75 Å². The molecule has 0 fully saturated rings. The number of Topliss-reactive ketones (excluding diaryl/α,β-unsaturated/α-hetero) is 1. The molecule has 3 aromatic rings. The summed E-state index contributed by atoms with van der Waals surface area (Å²) in [5.74, 6) is 0.838. The normalized spacial score (nSPS) is 10.4. The van der Waals surface area contributed by atoms with Gasteiger partial charge in [-0.2, -0.15) is 0 Å². The highest BCUT2D eigenvalue weighted by atomic mass is 16.5. The zero-order chi connectivity index (χ0) is 16.9. The Morgan fingerprint density at radius 2 is 1.83 bits per heavy atom. The largest absolute Gasteiger partial charge is 0.496 e. The first-order valence-electron chi connectivity index (χ1n) is 7.76. The van der Waals surface area contributed by atoms with Gasteiger partial charge >= 0.3 is 0 Å². The number of ketones is 1. The van der Waals surface area contributed by atoms with Crippen molar-refractivity contribution in [1.29, 1.82) is 0 Å². The number of hydrogen-bond acceptors (Lipinski definition) is 3. The quantitative estimate of drug-likeness (QED) is 0.535. The van der Waals surface area contributed by atoms with E-state index < -0.39 is 0 Å². The van der Waals surface area contributed by atoms with Gasteiger partial charge in [0.05, 0.1) is 18.9 Å². The van der Waals surface area contributed by atoms with Crippen LogP contribution in [-0.4, -0.2) is 17.9 Å². The molecular formula is C20H19N2O2+.